The SMILES string of the molecule is c1ccc(-c2nc(-c3cccc(-c4ccncc4)c3)cc(-c3cc(-c4cccc5ccccc45)cc(-c4cccc5c4sc4ccccc45)c3)n2)cc1. The van der Waals surface area contributed by atoms with Crippen molar-refractivity contribution in [3.8, 4) is 67.3 Å². The Balaban J connectivity index is 1.23. The summed E-state index contributed by atoms with van der Waals surface area (Å²) in [6.07, 6.45) is 3.66. The molecule has 0 amide bonds. The van der Waals surface area contributed by atoms with E-state index >= 15 is 0 Å². The van der Waals surface area contributed by atoms with Gasteiger partial charge in [-0.2, -0.15) is 0 Å². The van der Waals surface area contributed by atoms with Crippen LogP contribution in [0.25, 0.3) is 98.2 Å². The van der Waals surface area contributed by atoms with Crippen molar-refractivity contribution in [2.45, 2.75) is 0 Å². The first-order valence-corrected chi connectivity index (χ1v) is 18.6. The summed E-state index contributed by atoms with van der Waals surface area (Å²) in [4.78, 5) is 14.7. The molecule has 0 aliphatic rings. The minimum Gasteiger partial charge on any atom is -0.265 e. The molecule has 3 heterocycles. The lowest BCUT2D eigenvalue weighted by molar-refractivity contribution is 1.18. The normalized spacial score (nSPS) is 11.4. The number of fused-ring (bicyclic) bond motifs is 4. The van der Waals surface area contributed by atoms with E-state index in [0.717, 1.165) is 50.3 Å². The van der Waals surface area contributed by atoms with Crippen LogP contribution in [0.3, 0.4) is 0 Å². The first-order chi connectivity index (χ1) is 26.2. The van der Waals surface area contributed by atoms with Gasteiger partial charge in [0.15, 0.2) is 5.82 Å². The Hall–Kier alpha value is -6.75. The zero-order chi connectivity index (χ0) is 35.1. The molecule has 248 valence electrons. The molecule has 0 radical (unpaired) electrons. The lowest BCUT2D eigenvalue weighted by Gasteiger charge is -2.15. The summed E-state index contributed by atoms with van der Waals surface area (Å²) in [5.41, 5.74) is 11.7. The van der Waals surface area contributed by atoms with Crippen molar-refractivity contribution in [2.24, 2.45) is 0 Å². The number of pyridine rings is 1. The van der Waals surface area contributed by atoms with Crippen molar-refractivity contribution in [1.29, 1.82) is 0 Å². The Kier molecular flexibility index (Phi) is 7.67. The van der Waals surface area contributed by atoms with Gasteiger partial charge in [-0.05, 0) is 92.7 Å². The summed E-state index contributed by atoms with van der Waals surface area (Å²) in [5.74, 6) is 0.691. The van der Waals surface area contributed by atoms with Crippen molar-refractivity contribution in [3.05, 3.63) is 188 Å². The molecule has 0 atom stereocenters. The first-order valence-electron chi connectivity index (χ1n) is 17.7. The van der Waals surface area contributed by atoms with Crippen LogP contribution in [0.4, 0.5) is 0 Å². The zero-order valence-corrected chi connectivity index (χ0v) is 29.5. The van der Waals surface area contributed by atoms with Crippen LogP contribution >= 0.6 is 11.3 Å². The van der Waals surface area contributed by atoms with Gasteiger partial charge in [0.25, 0.3) is 0 Å². The minimum absolute atomic E-state index is 0.691. The fraction of sp³-hybridized carbons (Fsp3) is 0. The van der Waals surface area contributed by atoms with Gasteiger partial charge >= 0.3 is 0 Å². The highest BCUT2D eigenvalue weighted by Gasteiger charge is 2.17. The quantitative estimate of drug-likeness (QED) is 0.174. The highest BCUT2D eigenvalue weighted by atomic mass is 32.1. The Morgan fingerprint density at radius 1 is 0.358 bits per heavy atom. The van der Waals surface area contributed by atoms with E-state index in [2.05, 4.69) is 151 Å². The fourth-order valence-electron chi connectivity index (χ4n) is 7.40. The van der Waals surface area contributed by atoms with E-state index in [4.69, 9.17) is 9.97 Å². The summed E-state index contributed by atoms with van der Waals surface area (Å²) in [7, 11) is 0. The molecule has 0 saturated heterocycles. The van der Waals surface area contributed by atoms with Gasteiger partial charge in [0.1, 0.15) is 0 Å². The lowest BCUT2D eigenvalue weighted by atomic mass is 9.91. The predicted octanol–water partition coefficient (Wildman–Crippen LogP) is 13.4. The molecular formula is C49H31N3S. The molecule has 3 aromatic heterocycles. The average Bonchev–Trinajstić information content (AvgIpc) is 3.63. The molecule has 0 aliphatic carbocycles. The summed E-state index contributed by atoms with van der Waals surface area (Å²) in [5, 5.41) is 5.01. The van der Waals surface area contributed by atoms with Crippen LogP contribution in [-0.4, -0.2) is 15.0 Å². The number of aromatic nitrogens is 3. The van der Waals surface area contributed by atoms with Crippen molar-refractivity contribution in [2.75, 3.05) is 0 Å². The molecule has 4 heteroatoms. The zero-order valence-electron chi connectivity index (χ0n) is 28.6. The lowest BCUT2D eigenvalue weighted by Crippen LogP contribution is -1.97. The van der Waals surface area contributed by atoms with E-state index in [-0.39, 0.29) is 0 Å². The minimum atomic E-state index is 0.691. The fourth-order valence-corrected chi connectivity index (χ4v) is 8.64. The largest absolute Gasteiger partial charge is 0.265 e. The number of thiophene rings is 1. The Morgan fingerprint density at radius 3 is 1.81 bits per heavy atom. The standard InChI is InChI=1S/C49H31N3S/c1-2-12-34(13-3-1)49-51-45(36-16-8-15-35(27-36)32-23-25-50-26-24-32)31-46(52-49)39-29-37(41-19-9-14-33-11-4-5-17-40(33)41)28-38(30-39)42-20-10-21-44-43-18-6-7-22-47(43)53-48(42)44/h1-31H. The van der Waals surface area contributed by atoms with E-state index < -0.39 is 0 Å². The molecule has 10 rings (SSSR count). The van der Waals surface area contributed by atoms with Crippen molar-refractivity contribution >= 4 is 42.3 Å². The number of rotatable bonds is 6. The van der Waals surface area contributed by atoms with Gasteiger partial charge < -0.3 is 0 Å². The molecule has 3 nitrogen and oxygen atoms in total. The van der Waals surface area contributed by atoms with E-state index in [1.54, 1.807) is 0 Å². The average molecular weight is 694 g/mol. The van der Waals surface area contributed by atoms with Gasteiger partial charge in [-0.1, -0.05) is 127 Å². The van der Waals surface area contributed by atoms with E-state index in [0.29, 0.717) is 5.82 Å². The van der Waals surface area contributed by atoms with Crippen LogP contribution in [0.15, 0.2) is 188 Å². The van der Waals surface area contributed by atoms with Crippen LogP contribution in [0, 0.1) is 0 Å². The molecule has 0 saturated carbocycles. The third kappa shape index (κ3) is 5.76. The molecule has 0 bridgehead atoms. The molecule has 10 aromatic rings. The van der Waals surface area contributed by atoms with Gasteiger partial charge in [0.2, 0.25) is 0 Å². The van der Waals surface area contributed by atoms with Gasteiger partial charge in [-0.25, -0.2) is 9.97 Å². The van der Waals surface area contributed by atoms with Crippen LogP contribution < -0.4 is 0 Å². The van der Waals surface area contributed by atoms with Crippen molar-refractivity contribution < 1.29 is 0 Å². The smallest absolute Gasteiger partial charge is 0.160 e. The van der Waals surface area contributed by atoms with Crippen LogP contribution in [0.5, 0.6) is 0 Å². The number of hydrogen-bond acceptors (Lipinski definition) is 4. The van der Waals surface area contributed by atoms with E-state index in [9.17, 15) is 0 Å². The molecule has 0 unspecified atom stereocenters. The third-order valence-corrected chi connectivity index (χ3v) is 11.2. The maximum absolute atomic E-state index is 5.29. The Labute approximate surface area is 311 Å². The van der Waals surface area contributed by atoms with Gasteiger partial charge in [-0.3, -0.25) is 4.98 Å². The molecule has 53 heavy (non-hydrogen) atoms. The molecule has 0 N–H and O–H groups in total. The number of benzene rings is 7. The second kappa shape index (κ2) is 13.1. The molecule has 0 fully saturated rings. The highest BCUT2D eigenvalue weighted by Crippen LogP contribution is 2.43. The molecule has 7 aromatic carbocycles. The second-order valence-corrected chi connectivity index (χ2v) is 14.3. The van der Waals surface area contributed by atoms with Crippen molar-refractivity contribution in [3.63, 3.8) is 0 Å². The van der Waals surface area contributed by atoms with E-state index in [1.807, 2.05) is 54.1 Å². The molecule has 0 aliphatic heterocycles. The summed E-state index contributed by atoms with van der Waals surface area (Å²) < 4.78 is 2.58. The van der Waals surface area contributed by atoms with Gasteiger partial charge in [0, 0.05) is 49.3 Å². The first kappa shape index (κ1) is 31.0. The predicted molar refractivity (Wildman–Crippen MR) is 223 cm³/mol. The maximum Gasteiger partial charge on any atom is 0.160 e. The monoisotopic (exact) mass is 693 g/mol. The second-order valence-electron chi connectivity index (χ2n) is 13.3. The molecule has 0 spiro atoms. The number of nitrogens with zero attached hydrogens (tertiary/aromatic N) is 3. The van der Waals surface area contributed by atoms with Crippen LogP contribution in [0.1, 0.15) is 0 Å². The maximum atomic E-state index is 5.29. The molecular weight excluding hydrogens is 663 g/mol. The highest BCUT2D eigenvalue weighted by molar-refractivity contribution is 7.26. The van der Waals surface area contributed by atoms with Crippen LogP contribution in [-0.2, 0) is 0 Å². The van der Waals surface area contributed by atoms with E-state index in [1.165, 1.54) is 42.1 Å². The summed E-state index contributed by atoms with van der Waals surface area (Å²) >= 11 is 1.86. The topological polar surface area (TPSA) is 38.7 Å². The Morgan fingerprint density at radius 2 is 0.943 bits per heavy atom. The summed E-state index contributed by atoms with van der Waals surface area (Å²) in [6.45, 7) is 0. The third-order valence-electron chi connectivity index (χ3n) is 9.97. The summed E-state index contributed by atoms with van der Waals surface area (Å²) in [6, 6.07) is 62.6. The van der Waals surface area contributed by atoms with Gasteiger partial charge in [0.05, 0.1) is 11.4 Å². The Bertz CT molecular complexity index is 2940. The van der Waals surface area contributed by atoms with Crippen LogP contribution in [0.2, 0.25) is 0 Å². The van der Waals surface area contributed by atoms with Gasteiger partial charge in [-0.15, -0.1) is 11.3 Å². The number of hydrogen-bond donors (Lipinski definition) is 0. The van der Waals surface area contributed by atoms with Crippen molar-refractivity contribution in [1.82, 2.24) is 15.0 Å².